The lowest BCUT2D eigenvalue weighted by Crippen LogP contribution is -2.21. The van der Waals surface area contributed by atoms with Crippen molar-refractivity contribution >= 4 is 28.7 Å². The van der Waals surface area contributed by atoms with Gasteiger partial charge in [-0.05, 0) is 10.3 Å². The molecule has 0 spiro atoms. The summed E-state index contributed by atoms with van der Waals surface area (Å²) in [7, 11) is 0. The lowest BCUT2D eigenvalue weighted by atomic mass is 10.3. The highest BCUT2D eigenvalue weighted by atomic mass is 127. The first-order valence-electron chi connectivity index (χ1n) is 3.53. The molecule has 3 nitrogen and oxygen atoms in total. The predicted octanol–water partition coefficient (Wildman–Crippen LogP) is 2.27. The zero-order valence-corrected chi connectivity index (χ0v) is 9.22. The minimum atomic E-state index is -0.932. The van der Waals surface area contributed by atoms with Crippen LogP contribution in [0, 0.1) is 16.8 Å². The molecular formula is C8H13INO2. The SMILES string of the molecule is CCCCNC(=O)O.[CH2]C#CI. The zero-order valence-electron chi connectivity index (χ0n) is 7.06. The van der Waals surface area contributed by atoms with E-state index in [2.05, 4.69) is 22.1 Å². The minimum absolute atomic E-state index is 0.575. The van der Waals surface area contributed by atoms with Crippen molar-refractivity contribution in [2.75, 3.05) is 6.54 Å². The number of amides is 1. The van der Waals surface area contributed by atoms with Crippen LogP contribution in [0.25, 0.3) is 0 Å². The van der Waals surface area contributed by atoms with Crippen LogP contribution in [0.5, 0.6) is 0 Å². The highest BCUT2D eigenvalue weighted by Gasteiger charge is 1.88. The van der Waals surface area contributed by atoms with Crippen LogP contribution in [0.4, 0.5) is 4.79 Å². The predicted molar refractivity (Wildman–Crippen MR) is 58.1 cm³/mol. The van der Waals surface area contributed by atoms with Crippen LogP contribution in [0.15, 0.2) is 0 Å². The van der Waals surface area contributed by atoms with E-state index in [4.69, 9.17) is 5.11 Å². The first kappa shape index (κ1) is 14.1. The van der Waals surface area contributed by atoms with Gasteiger partial charge in [0.2, 0.25) is 0 Å². The molecule has 0 aromatic carbocycles. The fraction of sp³-hybridized carbons (Fsp3) is 0.500. The molecule has 0 heterocycles. The Morgan fingerprint density at radius 2 is 2.25 bits per heavy atom. The summed E-state index contributed by atoms with van der Waals surface area (Å²) in [6.07, 6.45) is 1.02. The summed E-state index contributed by atoms with van der Waals surface area (Å²) in [5.74, 6) is 2.42. The lowest BCUT2D eigenvalue weighted by Gasteiger charge is -1.94. The number of nitrogens with one attached hydrogen (secondary N) is 1. The lowest BCUT2D eigenvalue weighted by molar-refractivity contribution is 0.194. The molecule has 0 unspecified atom stereocenters. The van der Waals surface area contributed by atoms with Crippen molar-refractivity contribution in [3.8, 4) is 9.85 Å². The van der Waals surface area contributed by atoms with Crippen molar-refractivity contribution in [2.24, 2.45) is 0 Å². The Morgan fingerprint density at radius 1 is 1.75 bits per heavy atom. The Balaban J connectivity index is 0. The maximum atomic E-state index is 9.76. The smallest absolute Gasteiger partial charge is 0.404 e. The van der Waals surface area contributed by atoms with Crippen LogP contribution in [0.2, 0.25) is 0 Å². The first-order chi connectivity index (χ1) is 5.68. The van der Waals surface area contributed by atoms with E-state index in [1.807, 2.05) is 29.5 Å². The molecule has 0 aliphatic rings. The second kappa shape index (κ2) is 13.2. The average molecular weight is 282 g/mol. The normalized spacial score (nSPS) is 6.92. The molecule has 1 radical (unpaired) electrons. The molecule has 0 aromatic heterocycles. The van der Waals surface area contributed by atoms with E-state index < -0.39 is 6.09 Å². The molecule has 0 saturated heterocycles. The van der Waals surface area contributed by atoms with Crippen molar-refractivity contribution in [3.63, 3.8) is 0 Å². The van der Waals surface area contributed by atoms with Gasteiger partial charge in [0, 0.05) is 36.1 Å². The van der Waals surface area contributed by atoms with E-state index >= 15 is 0 Å². The maximum Gasteiger partial charge on any atom is 0.404 e. The van der Waals surface area contributed by atoms with Gasteiger partial charge in [-0.2, -0.15) is 0 Å². The molecule has 0 rings (SSSR count). The third-order valence-electron chi connectivity index (χ3n) is 0.873. The summed E-state index contributed by atoms with van der Waals surface area (Å²) < 4.78 is 2.54. The zero-order chi connectivity index (χ0) is 9.82. The van der Waals surface area contributed by atoms with Gasteiger partial charge in [-0.15, -0.1) is 0 Å². The Kier molecular flexibility index (Phi) is 15.5. The van der Waals surface area contributed by atoms with Crippen LogP contribution >= 0.6 is 22.6 Å². The fourth-order valence-corrected chi connectivity index (χ4v) is 0.372. The molecule has 12 heavy (non-hydrogen) atoms. The third kappa shape index (κ3) is 22.7. The topological polar surface area (TPSA) is 49.3 Å². The van der Waals surface area contributed by atoms with E-state index in [0.29, 0.717) is 6.54 Å². The Morgan fingerprint density at radius 3 is 2.50 bits per heavy atom. The highest BCUT2D eigenvalue weighted by Crippen LogP contribution is 1.80. The Hall–Kier alpha value is -0.440. The summed E-state index contributed by atoms with van der Waals surface area (Å²) in [6, 6.07) is 0. The molecule has 0 bridgehead atoms. The Bertz CT molecular complexity index is 154. The van der Waals surface area contributed by atoms with Crippen LogP contribution in [0.1, 0.15) is 19.8 Å². The van der Waals surface area contributed by atoms with Crippen LogP contribution in [0.3, 0.4) is 0 Å². The molecule has 0 fully saturated rings. The quantitative estimate of drug-likeness (QED) is 0.474. The van der Waals surface area contributed by atoms with Gasteiger partial charge in [0.25, 0.3) is 0 Å². The number of halogens is 1. The largest absolute Gasteiger partial charge is 0.465 e. The summed E-state index contributed by atoms with van der Waals surface area (Å²) in [5.41, 5.74) is 0. The Labute approximate surface area is 87.1 Å². The van der Waals surface area contributed by atoms with E-state index in [1.54, 1.807) is 0 Å². The highest BCUT2D eigenvalue weighted by molar-refractivity contribution is 14.1. The minimum Gasteiger partial charge on any atom is -0.465 e. The molecule has 0 aliphatic carbocycles. The second-order valence-electron chi connectivity index (χ2n) is 1.86. The summed E-state index contributed by atoms with van der Waals surface area (Å²) >= 11 is 1.93. The van der Waals surface area contributed by atoms with E-state index in [9.17, 15) is 4.79 Å². The summed E-state index contributed by atoms with van der Waals surface area (Å²) in [4.78, 5) is 9.76. The van der Waals surface area contributed by atoms with Gasteiger partial charge < -0.3 is 10.4 Å². The maximum absolute atomic E-state index is 9.76. The monoisotopic (exact) mass is 282 g/mol. The van der Waals surface area contributed by atoms with Crippen LogP contribution in [-0.2, 0) is 0 Å². The van der Waals surface area contributed by atoms with Gasteiger partial charge in [-0.3, -0.25) is 0 Å². The molecule has 1 amide bonds. The molecule has 0 aliphatic heterocycles. The number of hydrogen-bond donors (Lipinski definition) is 2. The van der Waals surface area contributed by atoms with Gasteiger partial charge in [-0.1, -0.05) is 19.3 Å². The summed E-state index contributed by atoms with van der Waals surface area (Å²) in [5, 5.41) is 10.3. The van der Waals surface area contributed by atoms with Crippen molar-refractivity contribution in [3.05, 3.63) is 6.92 Å². The molecule has 69 valence electrons. The van der Waals surface area contributed by atoms with Gasteiger partial charge in [0.05, 0.1) is 0 Å². The molecule has 4 heteroatoms. The molecule has 0 aromatic rings. The van der Waals surface area contributed by atoms with Crippen LogP contribution < -0.4 is 5.32 Å². The molecule has 0 atom stereocenters. The van der Waals surface area contributed by atoms with Gasteiger partial charge in [-0.25, -0.2) is 4.79 Å². The second-order valence-corrected chi connectivity index (χ2v) is 2.40. The average Bonchev–Trinajstić information content (AvgIpc) is 2.05. The van der Waals surface area contributed by atoms with E-state index in [1.165, 1.54) is 0 Å². The number of carboxylic acid groups (broad SMARTS) is 1. The van der Waals surface area contributed by atoms with E-state index in [0.717, 1.165) is 12.8 Å². The number of unbranched alkanes of at least 4 members (excludes halogenated alkanes) is 1. The van der Waals surface area contributed by atoms with E-state index in [-0.39, 0.29) is 0 Å². The van der Waals surface area contributed by atoms with Crippen molar-refractivity contribution in [1.29, 1.82) is 0 Å². The van der Waals surface area contributed by atoms with Crippen molar-refractivity contribution in [1.82, 2.24) is 5.32 Å². The van der Waals surface area contributed by atoms with Gasteiger partial charge >= 0.3 is 6.09 Å². The van der Waals surface area contributed by atoms with Crippen LogP contribution in [-0.4, -0.2) is 17.7 Å². The number of rotatable bonds is 3. The standard InChI is InChI=1S/C5H11NO2.C3H2I/c1-2-3-4-6-5(7)8;1-2-3-4/h6H,2-4H2,1H3,(H,7,8);1H2. The first-order valence-corrected chi connectivity index (χ1v) is 4.61. The van der Waals surface area contributed by atoms with Crippen molar-refractivity contribution in [2.45, 2.75) is 19.8 Å². The third-order valence-corrected chi connectivity index (χ3v) is 1.25. The molecule has 2 N–H and O–H groups in total. The fourth-order valence-electron chi connectivity index (χ4n) is 0.372. The molecule has 0 saturated carbocycles. The molecular weight excluding hydrogens is 269 g/mol. The summed E-state index contributed by atoms with van der Waals surface area (Å²) in [6.45, 7) is 5.83. The van der Waals surface area contributed by atoms with Crippen molar-refractivity contribution < 1.29 is 9.90 Å². The number of carbonyl (C=O) groups is 1. The van der Waals surface area contributed by atoms with Gasteiger partial charge in [0.15, 0.2) is 0 Å². The van der Waals surface area contributed by atoms with Gasteiger partial charge in [0.1, 0.15) is 0 Å². The number of hydrogen-bond acceptors (Lipinski definition) is 1.